The lowest BCUT2D eigenvalue weighted by molar-refractivity contribution is -0.282. The number of aliphatic hydroxyl groups excluding tert-OH is 4. The molecule has 280 valence electrons. The molecule has 0 radical (unpaired) electrons. The third-order valence-electron chi connectivity index (χ3n) is 18.5. The molecule has 1 heterocycles. The number of rotatable bonds is 5. The van der Waals surface area contributed by atoms with Crippen LogP contribution in [-0.4, -0.2) is 71.9 Å². The topological polar surface area (TPSA) is 136 Å². The fraction of sp³-hybridized carbons (Fsp3) is 0.814. The maximum absolute atomic E-state index is 15.6. The van der Waals surface area contributed by atoms with Crippen LogP contribution in [0.3, 0.4) is 0 Å². The summed E-state index contributed by atoms with van der Waals surface area (Å²) in [6.07, 6.45) is 21.3. The summed E-state index contributed by atoms with van der Waals surface area (Å²) in [4.78, 5) is 19.9. The quantitative estimate of drug-likeness (QED) is 0.252. The van der Waals surface area contributed by atoms with Crippen LogP contribution in [0.2, 0.25) is 0 Å². The molecular formula is C43H62N2O6. The lowest BCUT2D eigenvalue weighted by Crippen LogP contribution is -2.76. The molecule has 8 aliphatic rings. The Labute approximate surface area is 303 Å². The highest BCUT2D eigenvalue weighted by molar-refractivity contribution is 5.96. The molecule has 0 aromatic carbocycles. The Bertz CT molecular complexity index is 1650. The number of imidazole rings is 1. The van der Waals surface area contributed by atoms with Gasteiger partial charge >= 0.3 is 0 Å². The zero-order chi connectivity index (χ0) is 36.0. The van der Waals surface area contributed by atoms with Gasteiger partial charge in [0.15, 0.2) is 5.78 Å². The third-order valence-corrected chi connectivity index (χ3v) is 18.5. The Morgan fingerprint density at radius 3 is 2.49 bits per heavy atom. The minimum atomic E-state index is -1.21. The molecule has 8 aliphatic carbocycles. The van der Waals surface area contributed by atoms with Crippen molar-refractivity contribution < 1.29 is 30.3 Å². The zero-order valence-corrected chi connectivity index (χ0v) is 31.4. The summed E-state index contributed by atoms with van der Waals surface area (Å²) in [5, 5.41) is 58.9. The standard InChI is InChI=1S/C43H62N2O6/c1-36(2)20-30-29-18-31(48)35-39-12-7-27(21-45-17-16-44-26-45)19-40(35,14-9-32(39)38(4,34(50)22-46)33(49)10-13-39)37(29,3)24-42(51)15-8-28-6-5-11-41(28,23-36)43(30,42)25-47/h8,15-18,26-28,30,32-35,46-47,49-51H,5-7,9-14,19-25H2,1-4H3/t27-,28+,30+,32+,33-,34+,35+,37+,38-,39-,40-,41-,42-,43+/m0/s1. The van der Waals surface area contributed by atoms with Gasteiger partial charge < -0.3 is 30.1 Å². The Morgan fingerprint density at radius 1 is 0.980 bits per heavy atom. The van der Waals surface area contributed by atoms with E-state index in [4.69, 9.17) is 0 Å². The lowest BCUT2D eigenvalue weighted by atomic mass is 9.27. The molecule has 2 spiro atoms. The van der Waals surface area contributed by atoms with Crippen LogP contribution in [0, 0.1) is 67.5 Å². The van der Waals surface area contributed by atoms with E-state index < -0.39 is 51.5 Å². The Hall–Kier alpha value is -1.84. The summed E-state index contributed by atoms with van der Waals surface area (Å²) in [5.41, 5.74) is -3.33. The highest BCUT2D eigenvalue weighted by Crippen LogP contribution is 2.83. The largest absolute Gasteiger partial charge is 0.396 e. The van der Waals surface area contributed by atoms with Crippen molar-refractivity contribution in [3.63, 3.8) is 0 Å². The van der Waals surface area contributed by atoms with Crippen molar-refractivity contribution in [2.24, 2.45) is 67.5 Å². The fourth-order valence-corrected chi connectivity index (χ4v) is 16.9. The number of nitrogens with zero attached hydrogens (tertiary/aromatic N) is 2. The van der Waals surface area contributed by atoms with Crippen LogP contribution in [0.4, 0.5) is 0 Å². The molecule has 0 saturated heterocycles. The van der Waals surface area contributed by atoms with E-state index in [9.17, 15) is 25.5 Å². The van der Waals surface area contributed by atoms with Gasteiger partial charge in [-0.2, -0.15) is 0 Å². The molecule has 1 aromatic rings. The first-order valence-electron chi connectivity index (χ1n) is 20.3. The molecule has 51 heavy (non-hydrogen) atoms. The molecule has 0 aliphatic heterocycles. The van der Waals surface area contributed by atoms with E-state index in [1.165, 1.54) is 5.57 Å². The average molecular weight is 703 g/mol. The van der Waals surface area contributed by atoms with Gasteiger partial charge in [-0.15, -0.1) is 0 Å². The second-order valence-electron chi connectivity index (χ2n) is 20.6. The van der Waals surface area contributed by atoms with Crippen molar-refractivity contribution in [3.8, 4) is 0 Å². The predicted octanol–water partition coefficient (Wildman–Crippen LogP) is 5.62. The maximum atomic E-state index is 15.6. The SMILES string of the molecule is CC1(C)C[C@@H]2C3=CC(=O)[C@@H]4[C@]56CC[C@H](Cn7ccnc7)C[C@]4(CC[C@@H]5[C@](C)([C@H](O)CO)[C@@H](O)CC6)[C@]3(C)C[C@@]3(O)C=C[C@H]4CCC[C@@]4(C1)[C@@]23CO. The summed E-state index contributed by atoms with van der Waals surface area (Å²) in [6, 6.07) is 0. The first-order valence-corrected chi connectivity index (χ1v) is 20.3. The summed E-state index contributed by atoms with van der Waals surface area (Å²) in [7, 11) is 0. The molecule has 6 fully saturated rings. The molecule has 5 N–H and O–H groups in total. The van der Waals surface area contributed by atoms with Crippen LogP contribution in [0.15, 0.2) is 42.5 Å². The number of aliphatic hydroxyl groups is 5. The van der Waals surface area contributed by atoms with Crippen LogP contribution in [-0.2, 0) is 11.3 Å². The van der Waals surface area contributed by atoms with Gasteiger partial charge in [-0.25, -0.2) is 4.98 Å². The summed E-state index contributed by atoms with van der Waals surface area (Å²) in [5.74, 6) is 0.237. The van der Waals surface area contributed by atoms with E-state index in [1.807, 2.05) is 31.7 Å². The minimum absolute atomic E-state index is 0.0112. The monoisotopic (exact) mass is 702 g/mol. The highest BCUT2D eigenvalue weighted by Gasteiger charge is 2.81. The van der Waals surface area contributed by atoms with Crippen LogP contribution in [0.5, 0.6) is 0 Å². The van der Waals surface area contributed by atoms with Gasteiger partial charge in [0.2, 0.25) is 0 Å². The first-order chi connectivity index (χ1) is 24.1. The van der Waals surface area contributed by atoms with Crippen molar-refractivity contribution >= 4 is 5.78 Å². The molecule has 9 rings (SSSR count). The average Bonchev–Trinajstić information content (AvgIpc) is 3.73. The molecule has 14 atom stereocenters. The molecule has 8 nitrogen and oxygen atoms in total. The second kappa shape index (κ2) is 10.9. The molecule has 6 saturated carbocycles. The number of hydrogen-bond donors (Lipinski definition) is 5. The molecule has 0 amide bonds. The summed E-state index contributed by atoms with van der Waals surface area (Å²) >= 11 is 0. The predicted molar refractivity (Wildman–Crippen MR) is 193 cm³/mol. The normalized spacial score (nSPS) is 52.7. The molecule has 0 unspecified atom stereocenters. The highest BCUT2D eigenvalue weighted by atomic mass is 16.3. The van der Waals surface area contributed by atoms with Gasteiger partial charge in [-0.05, 0) is 134 Å². The number of allylic oxidation sites excluding steroid dienone is 3. The van der Waals surface area contributed by atoms with Gasteiger partial charge in [0, 0.05) is 35.7 Å². The Balaban J connectivity index is 1.28. The van der Waals surface area contributed by atoms with Gasteiger partial charge in [0.05, 0.1) is 37.4 Å². The zero-order valence-electron chi connectivity index (χ0n) is 31.4. The van der Waals surface area contributed by atoms with Gasteiger partial charge in [0.1, 0.15) is 0 Å². The van der Waals surface area contributed by atoms with E-state index in [2.05, 4.69) is 42.5 Å². The minimum Gasteiger partial charge on any atom is -0.396 e. The smallest absolute Gasteiger partial charge is 0.159 e. The molecular weight excluding hydrogens is 640 g/mol. The van der Waals surface area contributed by atoms with Crippen molar-refractivity contribution in [3.05, 3.63) is 42.5 Å². The number of aromatic nitrogens is 2. The van der Waals surface area contributed by atoms with Gasteiger partial charge in [0.25, 0.3) is 0 Å². The molecule has 2 bridgehead atoms. The van der Waals surface area contributed by atoms with E-state index in [-0.39, 0.29) is 46.9 Å². The fourth-order valence-electron chi connectivity index (χ4n) is 16.9. The summed E-state index contributed by atoms with van der Waals surface area (Å²) < 4.78 is 2.18. The first kappa shape index (κ1) is 34.9. The maximum Gasteiger partial charge on any atom is 0.159 e. The summed E-state index contributed by atoms with van der Waals surface area (Å²) in [6.45, 7) is 9.43. The third kappa shape index (κ3) is 4.00. The van der Waals surface area contributed by atoms with Gasteiger partial charge in [-0.3, -0.25) is 4.79 Å². The van der Waals surface area contributed by atoms with Crippen LogP contribution >= 0.6 is 0 Å². The van der Waals surface area contributed by atoms with Gasteiger partial charge in [-0.1, -0.05) is 51.8 Å². The Morgan fingerprint density at radius 2 is 1.76 bits per heavy atom. The van der Waals surface area contributed by atoms with E-state index in [0.29, 0.717) is 25.2 Å². The lowest BCUT2D eigenvalue weighted by Gasteiger charge is -2.77. The number of carbonyl (C=O) groups excluding carboxylic acids is 1. The van der Waals surface area contributed by atoms with E-state index >= 15 is 4.79 Å². The molecule has 8 heteroatoms. The van der Waals surface area contributed by atoms with E-state index in [1.54, 1.807) is 0 Å². The molecule has 1 aromatic heterocycles. The van der Waals surface area contributed by atoms with Crippen LogP contribution in [0.1, 0.15) is 111 Å². The van der Waals surface area contributed by atoms with Crippen molar-refractivity contribution in [2.75, 3.05) is 13.2 Å². The number of fused-ring (bicyclic) bond motifs is 2. The van der Waals surface area contributed by atoms with Crippen molar-refractivity contribution in [2.45, 2.75) is 136 Å². The number of ketones is 1. The van der Waals surface area contributed by atoms with Crippen molar-refractivity contribution in [1.82, 2.24) is 9.55 Å². The van der Waals surface area contributed by atoms with Crippen LogP contribution < -0.4 is 0 Å². The van der Waals surface area contributed by atoms with Crippen molar-refractivity contribution in [1.29, 1.82) is 0 Å². The van der Waals surface area contributed by atoms with E-state index in [0.717, 1.165) is 70.8 Å². The van der Waals surface area contributed by atoms with Crippen LogP contribution in [0.25, 0.3) is 0 Å². The number of carbonyl (C=O) groups is 1. The second-order valence-corrected chi connectivity index (χ2v) is 20.6. The number of hydrogen-bond acceptors (Lipinski definition) is 7. The Kier molecular flexibility index (Phi) is 7.45.